The smallest absolute Gasteiger partial charge is 0.105 e. The van der Waals surface area contributed by atoms with Crippen LogP contribution in [0.4, 0.5) is 0 Å². The second-order valence-corrected chi connectivity index (χ2v) is 4.34. The van der Waals surface area contributed by atoms with Crippen molar-refractivity contribution in [3.8, 4) is 6.07 Å². The molecule has 4 heteroatoms. The average molecular weight is 218 g/mol. The zero-order chi connectivity index (χ0) is 11.4. The van der Waals surface area contributed by atoms with Crippen LogP contribution < -0.4 is 0 Å². The zero-order valence-electron chi connectivity index (χ0n) is 9.76. The first-order valence-corrected chi connectivity index (χ1v) is 5.92. The van der Waals surface area contributed by atoms with Crippen LogP contribution in [0, 0.1) is 18.3 Å². The van der Waals surface area contributed by atoms with Crippen molar-refractivity contribution in [2.45, 2.75) is 38.8 Å². The minimum absolute atomic E-state index is 0.123. The molecule has 1 aromatic rings. The topological polar surface area (TPSA) is 44.9 Å². The maximum atomic E-state index is 9.06. The number of imidazole rings is 1. The lowest BCUT2D eigenvalue weighted by molar-refractivity contribution is 0.178. The van der Waals surface area contributed by atoms with Crippen LogP contribution in [0.5, 0.6) is 0 Å². The maximum Gasteiger partial charge on any atom is 0.105 e. The first-order chi connectivity index (χ1) is 7.81. The lowest BCUT2D eigenvalue weighted by Gasteiger charge is -2.31. The number of aryl methyl sites for hydroxylation is 1. The largest absolute Gasteiger partial charge is 0.334 e. The van der Waals surface area contributed by atoms with E-state index in [0.29, 0.717) is 0 Å². The first kappa shape index (κ1) is 11.2. The number of hydrogen-bond acceptors (Lipinski definition) is 3. The molecule has 0 bridgehead atoms. The van der Waals surface area contributed by atoms with Crippen LogP contribution in [-0.4, -0.2) is 33.6 Å². The summed E-state index contributed by atoms with van der Waals surface area (Å²) in [7, 11) is 0. The van der Waals surface area contributed by atoms with Gasteiger partial charge in [0.15, 0.2) is 0 Å². The molecule has 0 spiro atoms. The molecule has 1 unspecified atom stereocenters. The molecule has 1 aliphatic heterocycles. The Hall–Kier alpha value is -1.34. The monoisotopic (exact) mass is 218 g/mol. The van der Waals surface area contributed by atoms with Crippen molar-refractivity contribution in [1.82, 2.24) is 14.5 Å². The molecule has 1 fully saturated rings. The molecule has 2 rings (SSSR count). The normalized spacial score (nSPS) is 21.9. The Morgan fingerprint density at radius 1 is 1.50 bits per heavy atom. The maximum absolute atomic E-state index is 9.06. The summed E-state index contributed by atoms with van der Waals surface area (Å²) < 4.78 is 2.14. The van der Waals surface area contributed by atoms with Crippen LogP contribution in [0.1, 0.15) is 25.1 Å². The molecule has 0 amide bonds. The summed E-state index contributed by atoms with van der Waals surface area (Å²) >= 11 is 0. The van der Waals surface area contributed by atoms with Crippen LogP contribution in [0.25, 0.3) is 0 Å². The van der Waals surface area contributed by atoms with Gasteiger partial charge in [0.05, 0.1) is 12.1 Å². The fourth-order valence-electron chi connectivity index (χ4n) is 2.28. The third-order valence-electron chi connectivity index (χ3n) is 3.31. The van der Waals surface area contributed by atoms with E-state index in [1.807, 2.05) is 19.3 Å². The highest BCUT2D eigenvalue weighted by atomic mass is 15.2. The highest BCUT2D eigenvalue weighted by Gasteiger charge is 2.21. The van der Waals surface area contributed by atoms with Crippen molar-refractivity contribution in [1.29, 1.82) is 5.26 Å². The lowest BCUT2D eigenvalue weighted by Crippen LogP contribution is -2.40. The zero-order valence-corrected chi connectivity index (χ0v) is 9.76. The fourth-order valence-corrected chi connectivity index (χ4v) is 2.28. The Morgan fingerprint density at radius 3 is 3.06 bits per heavy atom. The molecule has 0 aromatic carbocycles. The standard InChI is InChI=1S/C12H18N4/c1-11-14-5-7-15(11)8-9-16-6-3-2-4-12(16)10-13/h5,7,12H,2-4,6,8-9H2,1H3. The number of likely N-dealkylation sites (tertiary alicyclic amines) is 1. The molecule has 1 aliphatic rings. The molecule has 2 heterocycles. The highest BCUT2D eigenvalue weighted by Crippen LogP contribution is 2.16. The third-order valence-corrected chi connectivity index (χ3v) is 3.31. The van der Waals surface area contributed by atoms with Crippen LogP contribution in [0.2, 0.25) is 0 Å². The van der Waals surface area contributed by atoms with Gasteiger partial charge in [0.25, 0.3) is 0 Å². The van der Waals surface area contributed by atoms with Crippen molar-refractivity contribution >= 4 is 0 Å². The molecule has 1 atom stereocenters. The van der Waals surface area contributed by atoms with E-state index in [0.717, 1.165) is 31.9 Å². The first-order valence-electron chi connectivity index (χ1n) is 5.92. The highest BCUT2D eigenvalue weighted by molar-refractivity contribution is 4.95. The molecule has 0 radical (unpaired) electrons. The molecule has 16 heavy (non-hydrogen) atoms. The molecular formula is C12H18N4. The second-order valence-electron chi connectivity index (χ2n) is 4.34. The molecule has 86 valence electrons. The summed E-state index contributed by atoms with van der Waals surface area (Å²) in [4.78, 5) is 6.49. The second kappa shape index (κ2) is 5.13. The number of hydrogen-bond donors (Lipinski definition) is 0. The van der Waals surface area contributed by atoms with Gasteiger partial charge in [0.2, 0.25) is 0 Å². The number of aromatic nitrogens is 2. The van der Waals surface area contributed by atoms with Crippen molar-refractivity contribution in [2.24, 2.45) is 0 Å². The minimum Gasteiger partial charge on any atom is -0.334 e. The van der Waals surface area contributed by atoms with Gasteiger partial charge < -0.3 is 4.57 Å². The summed E-state index contributed by atoms with van der Waals surface area (Å²) in [5.74, 6) is 1.05. The van der Waals surface area contributed by atoms with Crippen LogP contribution in [0.3, 0.4) is 0 Å². The van der Waals surface area contributed by atoms with E-state index in [4.69, 9.17) is 5.26 Å². The van der Waals surface area contributed by atoms with E-state index in [9.17, 15) is 0 Å². The van der Waals surface area contributed by atoms with E-state index < -0.39 is 0 Å². The Labute approximate surface area is 96.5 Å². The summed E-state index contributed by atoms with van der Waals surface area (Å²) in [5.41, 5.74) is 0. The van der Waals surface area contributed by atoms with Gasteiger partial charge in [-0.3, -0.25) is 4.90 Å². The number of nitriles is 1. The number of rotatable bonds is 3. The molecule has 1 aromatic heterocycles. The Balaban J connectivity index is 1.89. The minimum atomic E-state index is 0.123. The summed E-state index contributed by atoms with van der Waals surface area (Å²) in [5, 5.41) is 9.06. The summed E-state index contributed by atoms with van der Waals surface area (Å²) in [6.07, 6.45) is 7.27. The quantitative estimate of drug-likeness (QED) is 0.773. The lowest BCUT2D eigenvalue weighted by atomic mass is 10.0. The molecule has 0 saturated carbocycles. The van der Waals surface area contributed by atoms with Gasteiger partial charge in [-0.1, -0.05) is 0 Å². The van der Waals surface area contributed by atoms with Crippen molar-refractivity contribution in [2.75, 3.05) is 13.1 Å². The van der Waals surface area contributed by atoms with Crippen molar-refractivity contribution < 1.29 is 0 Å². The Morgan fingerprint density at radius 2 is 2.38 bits per heavy atom. The number of piperidine rings is 1. The molecule has 0 aliphatic carbocycles. The van der Waals surface area contributed by atoms with E-state index in [-0.39, 0.29) is 6.04 Å². The van der Waals surface area contributed by atoms with E-state index >= 15 is 0 Å². The van der Waals surface area contributed by atoms with Gasteiger partial charge in [0, 0.05) is 25.5 Å². The van der Waals surface area contributed by atoms with Gasteiger partial charge in [-0.05, 0) is 32.7 Å². The SMILES string of the molecule is Cc1nccn1CCN1CCCCC1C#N. The Kier molecular flexibility index (Phi) is 3.58. The van der Waals surface area contributed by atoms with E-state index in [2.05, 4.69) is 20.5 Å². The van der Waals surface area contributed by atoms with Crippen molar-refractivity contribution in [3.05, 3.63) is 18.2 Å². The molecule has 1 saturated heterocycles. The van der Waals surface area contributed by atoms with Gasteiger partial charge in [-0.25, -0.2) is 4.98 Å². The van der Waals surface area contributed by atoms with Crippen LogP contribution in [-0.2, 0) is 6.54 Å². The summed E-state index contributed by atoms with van der Waals surface area (Å²) in [6.45, 7) is 4.96. The molecule has 4 nitrogen and oxygen atoms in total. The van der Waals surface area contributed by atoms with Gasteiger partial charge in [-0.2, -0.15) is 5.26 Å². The van der Waals surface area contributed by atoms with Gasteiger partial charge >= 0.3 is 0 Å². The van der Waals surface area contributed by atoms with E-state index in [1.165, 1.54) is 12.8 Å². The van der Waals surface area contributed by atoms with Crippen LogP contribution >= 0.6 is 0 Å². The molecular weight excluding hydrogens is 200 g/mol. The average Bonchev–Trinajstić information content (AvgIpc) is 2.72. The van der Waals surface area contributed by atoms with Gasteiger partial charge in [-0.15, -0.1) is 0 Å². The van der Waals surface area contributed by atoms with Crippen molar-refractivity contribution in [3.63, 3.8) is 0 Å². The van der Waals surface area contributed by atoms with Crippen LogP contribution in [0.15, 0.2) is 12.4 Å². The Bertz CT molecular complexity index is 377. The summed E-state index contributed by atoms with van der Waals surface area (Å²) in [6, 6.07) is 2.52. The predicted octanol–water partition coefficient (Wildman–Crippen LogP) is 1.57. The third kappa shape index (κ3) is 2.42. The van der Waals surface area contributed by atoms with E-state index in [1.54, 1.807) is 0 Å². The predicted molar refractivity (Wildman–Crippen MR) is 61.8 cm³/mol. The fraction of sp³-hybridized carbons (Fsp3) is 0.667. The number of nitrogens with zero attached hydrogens (tertiary/aromatic N) is 4. The molecule has 0 N–H and O–H groups in total. The van der Waals surface area contributed by atoms with Gasteiger partial charge in [0.1, 0.15) is 5.82 Å².